The summed E-state index contributed by atoms with van der Waals surface area (Å²) < 4.78 is 0. The van der Waals surface area contributed by atoms with Gasteiger partial charge in [0.2, 0.25) is 0 Å². The van der Waals surface area contributed by atoms with Gasteiger partial charge < -0.3 is 10.4 Å². The molecule has 0 bridgehead atoms. The van der Waals surface area contributed by atoms with Crippen LogP contribution in [0.1, 0.15) is 46.0 Å². The Morgan fingerprint density at radius 1 is 1.12 bits per heavy atom. The normalized spacial score (nSPS) is 10.4. The predicted octanol–water partition coefficient (Wildman–Crippen LogP) is 4.29. The number of anilines is 1. The third-order valence-electron chi connectivity index (χ3n) is 3.52. The summed E-state index contributed by atoms with van der Waals surface area (Å²) in [6.45, 7) is 4.16. The molecule has 0 heterocycles. The summed E-state index contributed by atoms with van der Waals surface area (Å²) >= 11 is 11.0. The summed E-state index contributed by atoms with van der Waals surface area (Å²) in [6, 6.07) is 11.6. The Morgan fingerprint density at radius 3 is 2.28 bits per heavy atom. The van der Waals surface area contributed by atoms with E-state index < -0.39 is 5.97 Å². The number of rotatable bonds is 4. The predicted molar refractivity (Wildman–Crippen MR) is 103 cm³/mol. The van der Waals surface area contributed by atoms with E-state index >= 15 is 0 Å². The quantitative estimate of drug-likeness (QED) is 0.694. The molecule has 0 atom stereocenters. The Labute approximate surface area is 156 Å². The number of amides is 1. The number of carboxylic acid groups (broad SMARTS) is 1. The number of benzene rings is 2. The number of aromatic carboxylic acids is 1. The topological polar surface area (TPSA) is 78.4 Å². The summed E-state index contributed by atoms with van der Waals surface area (Å²) in [6.07, 6.45) is 0. The van der Waals surface area contributed by atoms with Crippen molar-refractivity contribution in [2.24, 2.45) is 0 Å². The molecule has 0 unspecified atom stereocenters. The minimum atomic E-state index is -1.11. The van der Waals surface area contributed by atoms with Gasteiger partial charge in [-0.15, -0.1) is 0 Å². The Morgan fingerprint density at radius 2 is 1.76 bits per heavy atom. The lowest BCUT2D eigenvalue weighted by molar-refractivity contribution is 0.0697. The molecule has 0 aliphatic rings. The zero-order valence-corrected chi connectivity index (χ0v) is 15.2. The average Bonchev–Trinajstić information content (AvgIpc) is 2.54. The van der Waals surface area contributed by atoms with Crippen molar-refractivity contribution in [3.63, 3.8) is 0 Å². The minimum absolute atomic E-state index is 0.00703. The van der Waals surface area contributed by atoms with Crippen molar-refractivity contribution in [2.45, 2.75) is 19.8 Å². The Kier molecular flexibility index (Phi) is 6.12. The lowest BCUT2D eigenvalue weighted by Gasteiger charge is -2.11. The first kappa shape index (κ1) is 18.9. The van der Waals surface area contributed by atoms with E-state index in [0.717, 1.165) is 5.56 Å². The molecule has 2 aromatic carbocycles. The molecule has 3 N–H and O–H groups in total. The maximum Gasteiger partial charge on any atom is 0.337 e. The second-order valence-electron chi connectivity index (χ2n) is 5.68. The minimum Gasteiger partial charge on any atom is -0.478 e. The van der Waals surface area contributed by atoms with E-state index in [4.69, 9.17) is 28.9 Å². The van der Waals surface area contributed by atoms with Crippen molar-refractivity contribution in [2.75, 3.05) is 5.32 Å². The summed E-state index contributed by atoms with van der Waals surface area (Å²) in [5.41, 5.74) is 2.11. The van der Waals surface area contributed by atoms with Gasteiger partial charge in [0, 0.05) is 11.3 Å². The SMILES string of the molecule is CC(C)c1ccc(C(=O)NC(=S)Nc2ccc(C(=O)O)c(Cl)c2)cc1. The van der Waals surface area contributed by atoms with Crippen LogP contribution in [0.4, 0.5) is 5.69 Å². The van der Waals surface area contributed by atoms with Gasteiger partial charge in [-0.25, -0.2) is 4.79 Å². The Bertz CT molecular complexity index is 820. The monoisotopic (exact) mass is 376 g/mol. The summed E-state index contributed by atoms with van der Waals surface area (Å²) in [7, 11) is 0. The van der Waals surface area contributed by atoms with Gasteiger partial charge in [-0.2, -0.15) is 0 Å². The van der Waals surface area contributed by atoms with Crippen LogP contribution in [0.3, 0.4) is 0 Å². The van der Waals surface area contributed by atoms with Gasteiger partial charge in [-0.05, 0) is 54.0 Å². The van der Waals surface area contributed by atoms with Crippen LogP contribution in [-0.2, 0) is 0 Å². The van der Waals surface area contributed by atoms with Gasteiger partial charge in [0.05, 0.1) is 10.6 Å². The third-order valence-corrected chi connectivity index (χ3v) is 4.04. The highest BCUT2D eigenvalue weighted by atomic mass is 35.5. The van der Waals surface area contributed by atoms with Gasteiger partial charge in [-0.3, -0.25) is 10.1 Å². The number of carbonyl (C=O) groups is 2. The highest BCUT2D eigenvalue weighted by molar-refractivity contribution is 7.80. The molecule has 5 nitrogen and oxygen atoms in total. The molecule has 25 heavy (non-hydrogen) atoms. The molecular formula is C18H17ClN2O3S. The molecule has 2 aromatic rings. The van der Waals surface area contributed by atoms with Gasteiger partial charge in [0.15, 0.2) is 5.11 Å². The molecule has 0 radical (unpaired) electrons. The van der Waals surface area contributed by atoms with Gasteiger partial charge in [-0.1, -0.05) is 37.6 Å². The van der Waals surface area contributed by atoms with Crippen molar-refractivity contribution in [3.05, 3.63) is 64.2 Å². The number of carboxylic acids is 1. The number of carbonyl (C=O) groups excluding carboxylic acids is 1. The molecule has 7 heteroatoms. The smallest absolute Gasteiger partial charge is 0.337 e. The summed E-state index contributed by atoms with van der Waals surface area (Å²) in [5.74, 6) is -1.06. The number of hydrogen-bond acceptors (Lipinski definition) is 3. The van der Waals surface area contributed by atoms with Crippen LogP contribution in [0.25, 0.3) is 0 Å². The Balaban J connectivity index is 2.01. The van der Waals surface area contributed by atoms with Crippen LogP contribution >= 0.6 is 23.8 Å². The standard InChI is InChI=1S/C18H17ClN2O3S/c1-10(2)11-3-5-12(6-4-11)16(22)21-18(25)20-13-7-8-14(17(23)24)15(19)9-13/h3-10H,1-2H3,(H,23,24)(H2,20,21,22,25). The first-order valence-electron chi connectivity index (χ1n) is 7.53. The highest BCUT2D eigenvalue weighted by Crippen LogP contribution is 2.21. The van der Waals surface area contributed by atoms with E-state index in [0.29, 0.717) is 17.2 Å². The van der Waals surface area contributed by atoms with E-state index in [-0.39, 0.29) is 21.6 Å². The lowest BCUT2D eigenvalue weighted by Crippen LogP contribution is -2.34. The van der Waals surface area contributed by atoms with E-state index in [2.05, 4.69) is 24.5 Å². The van der Waals surface area contributed by atoms with E-state index in [9.17, 15) is 9.59 Å². The van der Waals surface area contributed by atoms with Gasteiger partial charge in [0.1, 0.15) is 0 Å². The molecule has 0 aliphatic carbocycles. The van der Waals surface area contributed by atoms with Crippen molar-refractivity contribution in [1.82, 2.24) is 5.32 Å². The fourth-order valence-corrected chi connectivity index (χ4v) is 2.60. The number of thiocarbonyl (C=S) groups is 1. The zero-order valence-electron chi connectivity index (χ0n) is 13.7. The molecule has 2 rings (SSSR count). The highest BCUT2D eigenvalue weighted by Gasteiger charge is 2.11. The van der Waals surface area contributed by atoms with E-state index in [1.54, 1.807) is 12.1 Å². The molecule has 0 saturated carbocycles. The fraction of sp³-hybridized carbons (Fsp3) is 0.167. The van der Waals surface area contributed by atoms with E-state index in [1.807, 2.05) is 12.1 Å². The van der Waals surface area contributed by atoms with Crippen molar-refractivity contribution >= 4 is 46.5 Å². The molecule has 0 aromatic heterocycles. The molecule has 0 fully saturated rings. The van der Waals surface area contributed by atoms with Crippen LogP contribution in [0.15, 0.2) is 42.5 Å². The van der Waals surface area contributed by atoms with Gasteiger partial charge in [0.25, 0.3) is 5.91 Å². The fourth-order valence-electron chi connectivity index (χ4n) is 2.12. The number of halogens is 1. The molecule has 130 valence electrons. The third kappa shape index (κ3) is 5.01. The maximum atomic E-state index is 12.2. The number of hydrogen-bond donors (Lipinski definition) is 3. The first-order valence-corrected chi connectivity index (χ1v) is 8.31. The van der Waals surface area contributed by atoms with Crippen LogP contribution in [0.5, 0.6) is 0 Å². The largest absolute Gasteiger partial charge is 0.478 e. The van der Waals surface area contributed by atoms with Crippen LogP contribution < -0.4 is 10.6 Å². The summed E-state index contributed by atoms with van der Waals surface area (Å²) in [4.78, 5) is 23.1. The van der Waals surface area contributed by atoms with Crippen LogP contribution in [0.2, 0.25) is 5.02 Å². The second-order valence-corrected chi connectivity index (χ2v) is 6.50. The second kappa shape index (κ2) is 8.09. The van der Waals surface area contributed by atoms with Gasteiger partial charge >= 0.3 is 5.97 Å². The average molecular weight is 377 g/mol. The Hall–Kier alpha value is -2.44. The van der Waals surface area contributed by atoms with Crippen LogP contribution in [0, 0.1) is 0 Å². The maximum absolute atomic E-state index is 12.2. The first-order chi connectivity index (χ1) is 11.8. The molecule has 0 saturated heterocycles. The molecule has 0 aliphatic heterocycles. The zero-order chi connectivity index (χ0) is 18.6. The molecule has 0 spiro atoms. The lowest BCUT2D eigenvalue weighted by atomic mass is 10.0. The molecular weight excluding hydrogens is 360 g/mol. The van der Waals surface area contributed by atoms with Crippen LogP contribution in [-0.4, -0.2) is 22.1 Å². The number of nitrogens with one attached hydrogen (secondary N) is 2. The molecule has 1 amide bonds. The van der Waals surface area contributed by atoms with Crippen molar-refractivity contribution < 1.29 is 14.7 Å². The van der Waals surface area contributed by atoms with Crippen molar-refractivity contribution in [3.8, 4) is 0 Å². The van der Waals surface area contributed by atoms with Crippen molar-refractivity contribution in [1.29, 1.82) is 0 Å². The summed E-state index contributed by atoms with van der Waals surface area (Å²) in [5, 5.41) is 14.5. The van der Waals surface area contributed by atoms with E-state index in [1.165, 1.54) is 18.2 Å².